The van der Waals surface area contributed by atoms with Crippen molar-refractivity contribution in [2.45, 2.75) is 27.7 Å². The first kappa shape index (κ1) is 17.7. The second-order valence-electron chi connectivity index (χ2n) is 6.64. The van der Waals surface area contributed by atoms with Crippen LogP contribution in [-0.2, 0) is 4.79 Å². The summed E-state index contributed by atoms with van der Waals surface area (Å²) in [6.07, 6.45) is 2.09. The molecule has 0 bridgehead atoms. The molecule has 0 unspecified atom stereocenters. The maximum Gasteiger partial charge on any atom is 0.270 e. The topological polar surface area (TPSA) is 58.2 Å². The molecule has 0 aliphatic heterocycles. The summed E-state index contributed by atoms with van der Waals surface area (Å²) in [5.41, 5.74) is 6.14. The Morgan fingerprint density at radius 2 is 1.91 bits per heavy atom. The van der Waals surface area contributed by atoms with E-state index in [0.29, 0.717) is 4.47 Å². The predicted molar refractivity (Wildman–Crippen MR) is 89.9 cm³/mol. The highest BCUT2D eigenvalue weighted by Gasteiger charge is 2.60. The summed E-state index contributed by atoms with van der Waals surface area (Å²) in [5.74, 6) is -1.16. The van der Waals surface area contributed by atoms with Gasteiger partial charge in [-0.2, -0.15) is 0 Å². The van der Waals surface area contributed by atoms with Crippen LogP contribution in [0.2, 0.25) is 0 Å². The van der Waals surface area contributed by atoms with Gasteiger partial charge in [0.25, 0.3) is 5.91 Å². The Bertz CT molecular complexity index is 681. The Hall–Kier alpha value is -1.69. The highest BCUT2D eigenvalue weighted by atomic mass is 79.9. The molecule has 2 N–H and O–H groups in total. The van der Waals surface area contributed by atoms with Crippen LogP contribution in [0.15, 0.2) is 34.3 Å². The lowest BCUT2D eigenvalue weighted by Crippen LogP contribution is -2.43. The molecule has 1 aliphatic rings. The molecule has 2 rings (SSSR count). The minimum Gasteiger partial charge on any atom is -0.273 e. The molecule has 0 aromatic heterocycles. The number of hydrazine groups is 1. The largest absolute Gasteiger partial charge is 0.273 e. The molecule has 1 saturated carbocycles. The van der Waals surface area contributed by atoms with Crippen molar-refractivity contribution in [2.24, 2.45) is 17.3 Å². The van der Waals surface area contributed by atoms with Crippen LogP contribution < -0.4 is 10.9 Å². The van der Waals surface area contributed by atoms with E-state index in [1.807, 2.05) is 27.7 Å². The Morgan fingerprint density at radius 3 is 2.48 bits per heavy atom. The number of carbonyl (C=O) groups excluding carboxylic acids is 2. The SMILES string of the molecule is CC(C)=C[C@H]1[C@H](C(=O)NNC(=O)c2ccc(F)cc2Br)C1(C)C. The molecule has 1 aromatic carbocycles. The van der Waals surface area contributed by atoms with Crippen molar-refractivity contribution in [1.29, 1.82) is 0 Å². The van der Waals surface area contributed by atoms with Crippen molar-refractivity contribution in [3.05, 3.63) is 45.7 Å². The van der Waals surface area contributed by atoms with E-state index in [9.17, 15) is 14.0 Å². The number of hydrogen-bond acceptors (Lipinski definition) is 2. The van der Waals surface area contributed by atoms with Crippen LogP contribution in [0.25, 0.3) is 0 Å². The minimum atomic E-state index is -0.498. The summed E-state index contributed by atoms with van der Waals surface area (Å²) >= 11 is 3.13. The van der Waals surface area contributed by atoms with Gasteiger partial charge in [-0.1, -0.05) is 25.5 Å². The van der Waals surface area contributed by atoms with E-state index in [1.165, 1.54) is 18.2 Å². The number of halogens is 2. The summed E-state index contributed by atoms with van der Waals surface area (Å²) in [7, 11) is 0. The number of nitrogens with one attached hydrogen (secondary N) is 2. The molecule has 23 heavy (non-hydrogen) atoms. The molecule has 0 saturated heterocycles. The first-order chi connectivity index (χ1) is 10.6. The number of benzene rings is 1. The van der Waals surface area contributed by atoms with Crippen molar-refractivity contribution in [3.63, 3.8) is 0 Å². The second kappa shape index (κ2) is 6.43. The molecule has 0 radical (unpaired) electrons. The average molecular weight is 383 g/mol. The van der Waals surface area contributed by atoms with Gasteiger partial charge in [-0.25, -0.2) is 4.39 Å². The van der Waals surface area contributed by atoms with E-state index in [2.05, 4.69) is 32.9 Å². The fourth-order valence-electron chi connectivity index (χ4n) is 2.79. The third-order valence-corrected chi connectivity index (χ3v) is 4.84. The standard InChI is InChI=1S/C17H20BrFN2O2/c1-9(2)7-12-14(17(12,3)4)16(23)21-20-15(22)11-6-5-10(19)8-13(11)18/h5-8,12,14H,1-4H3,(H,20,22)(H,21,23)/t12-,14+/m0/s1. The lowest BCUT2D eigenvalue weighted by Gasteiger charge is -2.09. The highest BCUT2D eigenvalue weighted by Crippen LogP contribution is 2.59. The first-order valence-corrected chi connectivity index (χ1v) is 8.14. The molecule has 6 heteroatoms. The highest BCUT2D eigenvalue weighted by molar-refractivity contribution is 9.10. The number of rotatable bonds is 3. The third-order valence-electron chi connectivity index (χ3n) is 4.18. The lowest BCUT2D eigenvalue weighted by atomic mass is 10.1. The van der Waals surface area contributed by atoms with Gasteiger partial charge in [0, 0.05) is 4.47 Å². The van der Waals surface area contributed by atoms with Gasteiger partial charge in [-0.3, -0.25) is 20.4 Å². The van der Waals surface area contributed by atoms with Crippen molar-refractivity contribution < 1.29 is 14.0 Å². The molecule has 0 heterocycles. The maximum atomic E-state index is 13.0. The average Bonchev–Trinajstić information content (AvgIpc) is 2.96. The molecule has 1 aromatic rings. The fraction of sp³-hybridized carbons (Fsp3) is 0.412. The smallest absolute Gasteiger partial charge is 0.270 e. The van der Waals surface area contributed by atoms with Crippen LogP contribution in [0.5, 0.6) is 0 Å². The summed E-state index contributed by atoms with van der Waals surface area (Å²) in [4.78, 5) is 24.3. The van der Waals surface area contributed by atoms with Gasteiger partial charge in [0.1, 0.15) is 5.82 Å². The lowest BCUT2D eigenvalue weighted by molar-refractivity contribution is -0.123. The number of hydrogen-bond donors (Lipinski definition) is 2. The maximum absolute atomic E-state index is 13.0. The van der Waals surface area contributed by atoms with Crippen LogP contribution in [0, 0.1) is 23.1 Å². The molecular weight excluding hydrogens is 363 g/mol. The molecule has 4 nitrogen and oxygen atoms in total. The minimum absolute atomic E-state index is 0.122. The molecule has 124 valence electrons. The second-order valence-corrected chi connectivity index (χ2v) is 7.49. The summed E-state index contributed by atoms with van der Waals surface area (Å²) < 4.78 is 13.4. The Labute approximate surface area is 143 Å². The molecular formula is C17H20BrFN2O2. The van der Waals surface area contributed by atoms with Crippen molar-refractivity contribution in [1.82, 2.24) is 10.9 Å². The summed E-state index contributed by atoms with van der Waals surface area (Å²) in [6, 6.07) is 3.75. The predicted octanol–water partition coefficient (Wildman–Crippen LogP) is 3.59. The first-order valence-electron chi connectivity index (χ1n) is 7.35. The third kappa shape index (κ3) is 3.80. The normalized spacial score (nSPS) is 21.3. The van der Waals surface area contributed by atoms with E-state index < -0.39 is 11.7 Å². The van der Waals surface area contributed by atoms with E-state index >= 15 is 0 Å². The fourth-order valence-corrected chi connectivity index (χ4v) is 3.32. The molecule has 0 spiro atoms. The zero-order valence-electron chi connectivity index (χ0n) is 13.5. The quantitative estimate of drug-likeness (QED) is 0.619. The van der Waals surface area contributed by atoms with Gasteiger partial charge >= 0.3 is 0 Å². The van der Waals surface area contributed by atoms with Crippen molar-refractivity contribution in [2.75, 3.05) is 0 Å². The summed E-state index contributed by atoms with van der Waals surface area (Å²) in [6.45, 7) is 8.05. The van der Waals surface area contributed by atoms with Gasteiger partial charge in [0.05, 0.1) is 11.5 Å². The zero-order chi connectivity index (χ0) is 17.4. The van der Waals surface area contributed by atoms with Crippen molar-refractivity contribution in [3.8, 4) is 0 Å². The van der Waals surface area contributed by atoms with Gasteiger partial charge in [-0.05, 0) is 59.3 Å². The number of carbonyl (C=O) groups is 2. The van der Waals surface area contributed by atoms with E-state index in [0.717, 1.165) is 5.57 Å². The zero-order valence-corrected chi connectivity index (χ0v) is 15.1. The van der Waals surface area contributed by atoms with Gasteiger partial charge < -0.3 is 0 Å². The van der Waals surface area contributed by atoms with Gasteiger partial charge in [-0.15, -0.1) is 0 Å². The molecule has 1 aliphatic carbocycles. The molecule has 2 amide bonds. The van der Waals surface area contributed by atoms with Gasteiger partial charge in [0.15, 0.2) is 0 Å². The van der Waals surface area contributed by atoms with Crippen molar-refractivity contribution >= 4 is 27.7 Å². The number of allylic oxidation sites excluding steroid dienone is 2. The molecule has 2 atom stereocenters. The summed E-state index contributed by atoms with van der Waals surface area (Å²) in [5, 5.41) is 0. The number of amides is 2. The van der Waals surface area contributed by atoms with Crippen LogP contribution in [0.3, 0.4) is 0 Å². The molecule has 1 fully saturated rings. The Kier molecular flexibility index (Phi) is 4.94. The Morgan fingerprint density at radius 1 is 1.26 bits per heavy atom. The monoisotopic (exact) mass is 382 g/mol. The van der Waals surface area contributed by atoms with E-state index in [-0.39, 0.29) is 28.7 Å². The van der Waals surface area contributed by atoms with Crippen LogP contribution in [0.4, 0.5) is 4.39 Å². The van der Waals surface area contributed by atoms with Crippen LogP contribution >= 0.6 is 15.9 Å². The Balaban J connectivity index is 1.97. The van der Waals surface area contributed by atoms with E-state index in [4.69, 9.17) is 0 Å². The van der Waals surface area contributed by atoms with Crippen LogP contribution in [-0.4, -0.2) is 11.8 Å². The van der Waals surface area contributed by atoms with E-state index in [1.54, 1.807) is 0 Å². The van der Waals surface area contributed by atoms with Crippen LogP contribution in [0.1, 0.15) is 38.1 Å². The van der Waals surface area contributed by atoms with Gasteiger partial charge in [0.2, 0.25) is 5.91 Å².